The second-order valence-electron chi connectivity index (χ2n) is 10.4. The Balaban J connectivity index is 2.19. The van der Waals surface area contributed by atoms with Gasteiger partial charge in [0.2, 0.25) is 5.91 Å². The molecule has 0 fully saturated rings. The number of hydrogen-bond acceptors (Lipinski definition) is 3. The second-order valence-corrected chi connectivity index (χ2v) is 10.8. The standard InChI is InChI=1S/C24H36ClN5O2/c1-15(2)29(22(32)26-17-11-10-16(3)18(25)12-17)14-21(31)27-20-13-19(23(4,5)6)28-30(20)24(7,8)9/h10-13,15H,14H2,1-9H3,(H,26,32)(H,27,31). The number of amides is 3. The number of carbonyl (C=O) groups is 2. The van der Waals surface area contributed by atoms with Crippen LogP contribution in [0.15, 0.2) is 24.3 Å². The van der Waals surface area contributed by atoms with Gasteiger partial charge in [0.15, 0.2) is 0 Å². The van der Waals surface area contributed by atoms with Crippen LogP contribution in [0.4, 0.5) is 16.3 Å². The summed E-state index contributed by atoms with van der Waals surface area (Å²) in [5.74, 6) is 0.323. The SMILES string of the molecule is Cc1ccc(NC(=O)N(CC(=O)Nc2cc(C(C)(C)C)nn2C(C)(C)C)C(C)C)cc1Cl. The number of nitrogens with one attached hydrogen (secondary N) is 2. The molecule has 0 aliphatic carbocycles. The Labute approximate surface area is 196 Å². The molecule has 0 saturated heterocycles. The van der Waals surface area contributed by atoms with Gasteiger partial charge in [0.25, 0.3) is 0 Å². The van der Waals surface area contributed by atoms with E-state index >= 15 is 0 Å². The van der Waals surface area contributed by atoms with Crippen molar-refractivity contribution < 1.29 is 9.59 Å². The van der Waals surface area contributed by atoms with Crippen LogP contribution in [0.2, 0.25) is 5.02 Å². The third-order valence-electron chi connectivity index (χ3n) is 5.00. The first-order valence-electron chi connectivity index (χ1n) is 10.8. The minimum absolute atomic E-state index is 0.0940. The third-order valence-corrected chi connectivity index (χ3v) is 5.41. The molecule has 3 amide bonds. The number of aromatic nitrogens is 2. The lowest BCUT2D eigenvalue weighted by Gasteiger charge is -2.27. The fourth-order valence-electron chi connectivity index (χ4n) is 3.04. The number of carbonyl (C=O) groups excluding carboxylic acids is 2. The Morgan fingerprint density at radius 2 is 1.72 bits per heavy atom. The minimum atomic E-state index is -0.366. The summed E-state index contributed by atoms with van der Waals surface area (Å²) in [4.78, 5) is 27.3. The molecule has 2 aromatic rings. The fraction of sp³-hybridized carbons (Fsp3) is 0.542. The number of aryl methyl sites for hydroxylation is 1. The summed E-state index contributed by atoms with van der Waals surface area (Å²) in [5.41, 5.74) is 1.92. The molecule has 2 rings (SSSR count). The monoisotopic (exact) mass is 461 g/mol. The zero-order valence-corrected chi connectivity index (χ0v) is 21.4. The van der Waals surface area contributed by atoms with Crippen molar-refractivity contribution >= 4 is 35.0 Å². The molecule has 7 nitrogen and oxygen atoms in total. The van der Waals surface area contributed by atoms with Crippen LogP contribution in [-0.2, 0) is 15.7 Å². The van der Waals surface area contributed by atoms with E-state index in [-0.39, 0.29) is 35.5 Å². The minimum Gasteiger partial charge on any atom is -0.313 e. The molecule has 0 spiro atoms. The Morgan fingerprint density at radius 3 is 2.22 bits per heavy atom. The predicted molar refractivity (Wildman–Crippen MR) is 132 cm³/mol. The van der Waals surface area contributed by atoms with Crippen molar-refractivity contribution in [3.63, 3.8) is 0 Å². The van der Waals surface area contributed by atoms with Crippen LogP contribution >= 0.6 is 11.6 Å². The zero-order chi connectivity index (χ0) is 24.4. The molecule has 176 valence electrons. The summed E-state index contributed by atoms with van der Waals surface area (Å²) < 4.78 is 1.82. The normalized spacial score (nSPS) is 12.1. The first-order valence-corrected chi connectivity index (χ1v) is 11.2. The average Bonchev–Trinajstić information content (AvgIpc) is 3.07. The maximum atomic E-state index is 12.9. The number of nitrogens with zero attached hydrogens (tertiary/aromatic N) is 3. The summed E-state index contributed by atoms with van der Waals surface area (Å²) in [5, 5.41) is 11.1. The van der Waals surface area contributed by atoms with Crippen molar-refractivity contribution in [2.75, 3.05) is 17.2 Å². The van der Waals surface area contributed by atoms with Gasteiger partial charge in [-0.1, -0.05) is 38.4 Å². The highest BCUT2D eigenvalue weighted by molar-refractivity contribution is 6.31. The van der Waals surface area contributed by atoms with Crippen LogP contribution < -0.4 is 10.6 Å². The van der Waals surface area contributed by atoms with Gasteiger partial charge in [0.1, 0.15) is 12.4 Å². The van der Waals surface area contributed by atoms with Gasteiger partial charge >= 0.3 is 6.03 Å². The first kappa shape index (κ1) is 25.7. The fourth-order valence-corrected chi connectivity index (χ4v) is 3.22. The molecule has 0 aliphatic heterocycles. The number of anilines is 2. The highest BCUT2D eigenvalue weighted by Gasteiger charge is 2.27. The molecule has 0 radical (unpaired) electrons. The number of benzene rings is 1. The van der Waals surface area contributed by atoms with E-state index in [4.69, 9.17) is 16.7 Å². The van der Waals surface area contributed by atoms with E-state index < -0.39 is 0 Å². The summed E-state index contributed by atoms with van der Waals surface area (Å²) in [7, 11) is 0. The highest BCUT2D eigenvalue weighted by Crippen LogP contribution is 2.28. The molecule has 0 atom stereocenters. The quantitative estimate of drug-likeness (QED) is 0.592. The van der Waals surface area contributed by atoms with Crippen LogP contribution in [-0.4, -0.2) is 39.2 Å². The van der Waals surface area contributed by atoms with Gasteiger partial charge in [0, 0.05) is 28.2 Å². The van der Waals surface area contributed by atoms with E-state index in [1.165, 1.54) is 4.90 Å². The first-order chi connectivity index (χ1) is 14.6. The lowest BCUT2D eigenvalue weighted by Crippen LogP contribution is -2.45. The van der Waals surface area contributed by atoms with Crippen molar-refractivity contribution in [3.05, 3.63) is 40.5 Å². The zero-order valence-electron chi connectivity index (χ0n) is 20.6. The molecule has 0 saturated carbocycles. The Hall–Kier alpha value is -2.54. The van der Waals surface area contributed by atoms with E-state index in [1.807, 2.05) is 58.4 Å². The Kier molecular flexibility index (Phi) is 7.66. The van der Waals surface area contributed by atoms with Crippen LogP contribution in [0.3, 0.4) is 0 Å². The molecular weight excluding hydrogens is 426 g/mol. The van der Waals surface area contributed by atoms with Gasteiger partial charge in [-0.05, 0) is 59.2 Å². The molecule has 1 heterocycles. The molecule has 2 N–H and O–H groups in total. The van der Waals surface area contributed by atoms with Crippen LogP contribution in [0.5, 0.6) is 0 Å². The smallest absolute Gasteiger partial charge is 0.313 e. The molecule has 32 heavy (non-hydrogen) atoms. The van der Waals surface area contributed by atoms with Gasteiger partial charge in [0.05, 0.1) is 11.2 Å². The maximum Gasteiger partial charge on any atom is 0.322 e. The molecule has 0 unspecified atom stereocenters. The van der Waals surface area contributed by atoms with E-state index in [1.54, 1.807) is 12.1 Å². The highest BCUT2D eigenvalue weighted by atomic mass is 35.5. The summed E-state index contributed by atoms with van der Waals surface area (Å²) in [6, 6.07) is 6.67. The Bertz CT molecular complexity index is 983. The summed E-state index contributed by atoms with van der Waals surface area (Å²) >= 11 is 6.16. The molecule has 8 heteroatoms. The van der Waals surface area contributed by atoms with Crippen LogP contribution in [0.25, 0.3) is 0 Å². The topological polar surface area (TPSA) is 79.3 Å². The molecule has 0 aliphatic rings. The van der Waals surface area contributed by atoms with Gasteiger partial charge in [-0.2, -0.15) is 5.10 Å². The lowest BCUT2D eigenvalue weighted by molar-refractivity contribution is -0.117. The third kappa shape index (κ3) is 6.48. The maximum absolute atomic E-state index is 12.9. The molecule has 1 aromatic heterocycles. The predicted octanol–water partition coefficient (Wildman–Crippen LogP) is 5.78. The number of hydrogen-bond donors (Lipinski definition) is 2. The summed E-state index contributed by atoms with van der Waals surface area (Å²) in [6.45, 7) is 17.9. The van der Waals surface area contributed by atoms with Crippen molar-refractivity contribution in [2.24, 2.45) is 0 Å². The van der Waals surface area contributed by atoms with Crippen molar-refractivity contribution in [1.29, 1.82) is 0 Å². The molecule has 1 aromatic carbocycles. The largest absolute Gasteiger partial charge is 0.322 e. The number of rotatable bonds is 5. The average molecular weight is 462 g/mol. The van der Waals surface area contributed by atoms with E-state index in [0.717, 1.165) is 11.3 Å². The number of urea groups is 1. The molecular formula is C24H36ClN5O2. The van der Waals surface area contributed by atoms with Crippen molar-refractivity contribution in [2.45, 2.75) is 79.3 Å². The van der Waals surface area contributed by atoms with Gasteiger partial charge in [-0.15, -0.1) is 0 Å². The second kappa shape index (κ2) is 9.53. The Morgan fingerprint density at radius 1 is 1.09 bits per heavy atom. The van der Waals surface area contributed by atoms with Crippen LogP contribution in [0, 0.1) is 6.92 Å². The lowest BCUT2D eigenvalue weighted by atomic mass is 9.92. The number of halogens is 1. The van der Waals surface area contributed by atoms with Crippen molar-refractivity contribution in [3.8, 4) is 0 Å². The van der Waals surface area contributed by atoms with Gasteiger partial charge in [-0.3, -0.25) is 4.79 Å². The molecule has 0 bridgehead atoms. The van der Waals surface area contributed by atoms with Crippen LogP contribution in [0.1, 0.15) is 66.6 Å². The van der Waals surface area contributed by atoms with E-state index in [0.29, 0.717) is 16.5 Å². The van der Waals surface area contributed by atoms with Gasteiger partial charge < -0.3 is 15.5 Å². The van der Waals surface area contributed by atoms with Gasteiger partial charge in [-0.25, -0.2) is 9.48 Å². The van der Waals surface area contributed by atoms with E-state index in [9.17, 15) is 9.59 Å². The van der Waals surface area contributed by atoms with Crippen molar-refractivity contribution in [1.82, 2.24) is 14.7 Å². The van der Waals surface area contributed by atoms with E-state index in [2.05, 4.69) is 31.4 Å². The summed E-state index contributed by atoms with van der Waals surface area (Å²) in [6.07, 6.45) is 0.